The van der Waals surface area contributed by atoms with E-state index >= 15 is 0 Å². The molecule has 1 aromatic carbocycles. The number of hydrogen-bond donors (Lipinski definition) is 4. The van der Waals surface area contributed by atoms with Crippen molar-refractivity contribution in [2.24, 2.45) is 11.7 Å². The molecule has 114 valence electrons. The zero-order valence-corrected chi connectivity index (χ0v) is 12.5. The summed E-state index contributed by atoms with van der Waals surface area (Å²) in [5.74, 6) is -0.0627. The molecule has 2 atom stereocenters. The van der Waals surface area contributed by atoms with Crippen LogP contribution in [0.2, 0.25) is 0 Å². The van der Waals surface area contributed by atoms with Crippen molar-refractivity contribution in [2.45, 2.75) is 32.4 Å². The zero-order valence-electron chi connectivity index (χ0n) is 12.5. The van der Waals surface area contributed by atoms with Gasteiger partial charge in [0.15, 0.2) is 0 Å². The van der Waals surface area contributed by atoms with Gasteiger partial charge in [0.2, 0.25) is 5.91 Å². The molecule has 21 heavy (non-hydrogen) atoms. The predicted octanol–water partition coefficient (Wildman–Crippen LogP) is 1.17. The van der Waals surface area contributed by atoms with Crippen molar-refractivity contribution in [3.05, 3.63) is 36.0 Å². The second kappa shape index (κ2) is 6.74. The maximum atomic E-state index is 12.1. The van der Waals surface area contributed by atoms with E-state index in [0.717, 1.165) is 16.5 Å². The first-order chi connectivity index (χ1) is 10.0. The van der Waals surface area contributed by atoms with Crippen LogP contribution in [0.25, 0.3) is 10.9 Å². The first kappa shape index (κ1) is 15.5. The van der Waals surface area contributed by atoms with Crippen LogP contribution in [0.4, 0.5) is 0 Å². The number of nitrogens with one attached hydrogen (secondary N) is 2. The molecule has 5 heteroatoms. The SMILES string of the molecule is CC(C)C(CO)NC(=O)C(N)Cc1c[nH]c2ccccc12. The number of rotatable bonds is 6. The molecule has 1 heterocycles. The van der Waals surface area contributed by atoms with Crippen LogP contribution in [0.1, 0.15) is 19.4 Å². The quantitative estimate of drug-likeness (QED) is 0.643. The summed E-state index contributed by atoms with van der Waals surface area (Å²) in [7, 11) is 0. The van der Waals surface area contributed by atoms with Gasteiger partial charge in [-0.05, 0) is 24.0 Å². The smallest absolute Gasteiger partial charge is 0.237 e. The van der Waals surface area contributed by atoms with Crippen LogP contribution in [0, 0.1) is 5.92 Å². The fraction of sp³-hybridized carbons (Fsp3) is 0.438. The van der Waals surface area contributed by atoms with Crippen LogP contribution in [-0.2, 0) is 11.2 Å². The van der Waals surface area contributed by atoms with E-state index in [0.29, 0.717) is 6.42 Å². The third-order valence-corrected chi connectivity index (χ3v) is 3.78. The maximum absolute atomic E-state index is 12.1. The molecule has 0 aliphatic carbocycles. The number of para-hydroxylation sites is 1. The summed E-state index contributed by atoms with van der Waals surface area (Å²) >= 11 is 0. The molecule has 5 nitrogen and oxygen atoms in total. The lowest BCUT2D eigenvalue weighted by Gasteiger charge is -2.22. The van der Waals surface area contributed by atoms with E-state index in [1.807, 2.05) is 44.3 Å². The van der Waals surface area contributed by atoms with Gasteiger partial charge >= 0.3 is 0 Å². The molecule has 0 saturated carbocycles. The summed E-state index contributed by atoms with van der Waals surface area (Å²) in [5, 5.41) is 13.2. The number of amides is 1. The highest BCUT2D eigenvalue weighted by atomic mass is 16.3. The van der Waals surface area contributed by atoms with Crippen LogP contribution < -0.4 is 11.1 Å². The zero-order chi connectivity index (χ0) is 15.4. The van der Waals surface area contributed by atoms with Gasteiger partial charge < -0.3 is 21.1 Å². The van der Waals surface area contributed by atoms with Crippen molar-refractivity contribution in [1.82, 2.24) is 10.3 Å². The Morgan fingerprint density at radius 3 is 2.76 bits per heavy atom. The van der Waals surface area contributed by atoms with E-state index in [2.05, 4.69) is 10.3 Å². The first-order valence-electron chi connectivity index (χ1n) is 7.24. The Morgan fingerprint density at radius 2 is 2.10 bits per heavy atom. The summed E-state index contributed by atoms with van der Waals surface area (Å²) < 4.78 is 0. The fourth-order valence-corrected chi connectivity index (χ4v) is 2.34. The highest BCUT2D eigenvalue weighted by Crippen LogP contribution is 2.18. The number of benzene rings is 1. The predicted molar refractivity (Wildman–Crippen MR) is 83.8 cm³/mol. The Bertz CT molecular complexity index is 606. The minimum Gasteiger partial charge on any atom is -0.394 e. The minimum atomic E-state index is -0.628. The maximum Gasteiger partial charge on any atom is 0.237 e. The Kier molecular flexibility index (Phi) is 4.98. The van der Waals surface area contributed by atoms with Crippen LogP contribution in [0.3, 0.4) is 0 Å². The molecule has 0 bridgehead atoms. The Morgan fingerprint density at radius 1 is 1.38 bits per heavy atom. The molecule has 2 aromatic rings. The largest absolute Gasteiger partial charge is 0.394 e. The van der Waals surface area contributed by atoms with Gasteiger partial charge in [-0.25, -0.2) is 0 Å². The average molecular weight is 289 g/mol. The number of aromatic amines is 1. The van der Waals surface area contributed by atoms with Crippen molar-refractivity contribution in [3.63, 3.8) is 0 Å². The molecule has 1 amide bonds. The van der Waals surface area contributed by atoms with Crippen molar-refractivity contribution in [3.8, 4) is 0 Å². The molecule has 1 aromatic heterocycles. The van der Waals surface area contributed by atoms with Crippen LogP contribution in [0.5, 0.6) is 0 Å². The number of aromatic nitrogens is 1. The second-order valence-corrected chi connectivity index (χ2v) is 5.71. The second-order valence-electron chi connectivity index (χ2n) is 5.71. The normalized spacial score (nSPS) is 14.3. The van der Waals surface area contributed by atoms with Crippen LogP contribution in [-0.4, -0.2) is 34.7 Å². The standard InChI is InChI=1S/C16H23N3O2/c1-10(2)15(9-20)19-16(21)13(17)7-11-8-18-14-6-4-3-5-12(11)14/h3-6,8,10,13,15,18,20H,7,9,17H2,1-2H3,(H,19,21). The highest BCUT2D eigenvalue weighted by molar-refractivity contribution is 5.86. The van der Waals surface area contributed by atoms with Gasteiger partial charge in [0.05, 0.1) is 18.7 Å². The van der Waals surface area contributed by atoms with E-state index in [9.17, 15) is 9.90 Å². The Hall–Kier alpha value is -1.85. The highest BCUT2D eigenvalue weighted by Gasteiger charge is 2.21. The molecular formula is C16H23N3O2. The minimum absolute atomic E-state index is 0.0801. The topological polar surface area (TPSA) is 91.1 Å². The molecule has 2 rings (SSSR count). The summed E-state index contributed by atoms with van der Waals surface area (Å²) in [6, 6.07) is 7.04. The average Bonchev–Trinajstić information content (AvgIpc) is 2.87. The molecule has 0 aliphatic heterocycles. The third kappa shape index (κ3) is 3.62. The fourth-order valence-electron chi connectivity index (χ4n) is 2.34. The summed E-state index contributed by atoms with van der Waals surface area (Å²) in [6.07, 6.45) is 2.36. The van der Waals surface area contributed by atoms with Gasteiger partial charge in [0.1, 0.15) is 0 Å². The molecule has 0 spiro atoms. The number of aliphatic hydroxyl groups excluding tert-OH is 1. The van der Waals surface area contributed by atoms with Gasteiger partial charge in [-0.15, -0.1) is 0 Å². The molecule has 0 saturated heterocycles. The van der Waals surface area contributed by atoms with Crippen LogP contribution in [0.15, 0.2) is 30.5 Å². The number of fused-ring (bicyclic) bond motifs is 1. The number of H-pyrrole nitrogens is 1. The van der Waals surface area contributed by atoms with Gasteiger partial charge in [-0.3, -0.25) is 4.79 Å². The van der Waals surface area contributed by atoms with E-state index in [1.54, 1.807) is 0 Å². The molecule has 2 unspecified atom stereocenters. The monoisotopic (exact) mass is 289 g/mol. The van der Waals surface area contributed by atoms with E-state index < -0.39 is 6.04 Å². The van der Waals surface area contributed by atoms with E-state index in [4.69, 9.17) is 5.73 Å². The summed E-state index contributed by atoms with van der Waals surface area (Å²) in [6.45, 7) is 3.82. The Labute approximate surface area is 124 Å². The van der Waals surface area contributed by atoms with Gasteiger partial charge in [-0.2, -0.15) is 0 Å². The van der Waals surface area contributed by atoms with Gasteiger partial charge in [0, 0.05) is 17.1 Å². The number of hydrogen-bond acceptors (Lipinski definition) is 3. The first-order valence-corrected chi connectivity index (χ1v) is 7.24. The lowest BCUT2D eigenvalue weighted by Crippen LogP contribution is -2.49. The molecule has 0 aliphatic rings. The van der Waals surface area contributed by atoms with Crippen molar-refractivity contribution >= 4 is 16.8 Å². The molecule has 0 radical (unpaired) electrons. The Balaban J connectivity index is 2.03. The van der Waals surface area contributed by atoms with Gasteiger partial charge in [-0.1, -0.05) is 32.0 Å². The van der Waals surface area contributed by atoms with Crippen molar-refractivity contribution < 1.29 is 9.90 Å². The molecular weight excluding hydrogens is 266 g/mol. The number of carbonyl (C=O) groups excluding carboxylic acids is 1. The number of aliphatic hydroxyl groups is 1. The molecule has 5 N–H and O–H groups in total. The van der Waals surface area contributed by atoms with E-state index in [-0.39, 0.29) is 24.5 Å². The molecule has 0 fully saturated rings. The third-order valence-electron chi connectivity index (χ3n) is 3.78. The van der Waals surface area contributed by atoms with Crippen LogP contribution >= 0.6 is 0 Å². The summed E-state index contributed by atoms with van der Waals surface area (Å²) in [4.78, 5) is 15.3. The lowest BCUT2D eigenvalue weighted by molar-refractivity contribution is -0.123. The van der Waals surface area contributed by atoms with E-state index in [1.165, 1.54) is 0 Å². The lowest BCUT2D eigenvalue weighted by atomic mass is 10.0. The number of nitrogens with two attached hydrogens (primary N) is 1. The summed E-state index contributed by atoms with van der Waals surface area (Å²) in [5.41, 5.74) is 8.06. The van der Waals surface area contributed by atoms with Gasteiger partial charge in [0.25, 0.3) is 0 Å². The van der Waals surface area contributed by atoms with Crippen molar-refractivity contribution in [1.29, 1.82) is 0 Å². The number of carbonyl (C=O) groups is 1. The van der Waals surface area contributed by atoms with Crippen molar-refractivity contribution in [2.75, 3.05) is 6.61 Å².